The molecule has 0 unspecified atom stereocenters. The average Bonchev–Trinajstić information content (AvgIpc) is 2.17. The number of nitrogens with zero attached hydrogens (tertiary/aromatic N) is 1. The topological polar surface area (TPSA) is 73.1 Å². The first kappa shape index (κ1) is 12.1. The summed E-state index contributed by atoms with van der Waals surface area (Å²) >= 11 is 0. The molecule has 0 heterocycles. The second-order valence-corrected chi connectivity index (χ2v) is 4.09. The molecule has 0 aliphatic carbocycles. The predicted octanol–water partition coefficient (Wildman–Crippen LogP) is 2.26. The molecule has 0 aliphatic rings. The van der Waals surface area contributed by atoms with Crippen molar-refractivity contribution in [3.05, 3.63) is 35.4 Å². The Balaban J connectivity index is 2.88. The van der Waals surface area contributed by atoms with Gasteiger partial charge in [0, 0.05) is 0 Å². The standard InChI is InChI=1S/C12H14N2O2/c1-12(2,14-11(15)16)10-5-3-9(4-6-10)7-8-13/h3-6,14H,7H2,1-2H3,(H,15,16). The molecule has 1 aromatic carbocycles. The molecule has 0 spiro atoms. The number of hydrogen-bond donors (Lipinski definition) is 2. The number of nitriles is 1. The molecule has 1 aromatic rings. The minimum absolute atomic E-state index is 0.368. The molecule has 0 saturated carbocycles. The highest BCUT2D eigenvalue weighted by Gasteiger charge is 2.22. The summed E-state index contributed by atoms with van der Waals surface area (Å²) in [6.45, 7) is 3.58. The average molecular weight is 218 g/mol. The summed E-state index contributed by atoms with van der Waals surface area (Å²) in [5.74, 6) is 0. The van der Waals surface area contributed by atoms with Crippen LogP contribution in [0.15, 0.2) is 24.3 Å². The summed E-state index contributed by atoms with van der Waals surface area (Å²) in [5.41, 5.74) is 1.17. The van der Waals surface area contributed by atoms with Crippen molar-refractivity contribution in [3.8, 4) is 6.07 Å². The van der Waals surface area contributed by atoms with E-state index in [1.807, 2.05) is 24.3 Å². The summed E-state index contributed by atoms with van der Waals surface area (Å²) in [6, 6.07) is 9.41. The number of carbonyl (C=O) groups is 1. The van der Waals surface area contributed by atoms with Crippen LogP contribution in [0, 0.1) is 11.3 Å². The summed E-state index contributed by atoms with van der Waals surface area (Å²) in [7, 11) is 0. The van der Waals surface area contributed by atoms with Gasteiger partial charge in [0.15, 0.2) is 0 Å². The molecule has 2 N–H and O–H groups in total. The Labute approximate surface area is 94.5 Å². The lowest BCUT2D eigenvalue weighted by molar-refractivity contribution is 0.182. The lowest BCUT2D eigenvalue weighted by atomic mass is 9.93. The molecule has 0 saturated heterocycles. The Morgan fingerprint density at radius 1 is 1.44 bits per heavy atom. The number of benzene rings is 1. The Morgan fingerprint density at radius 2 is 2.00 bits per heavy atom. The van der Waals surface area contributed by atoms with Crippen molar-refractivity contribution in [2.75, 3.05) is 0 Å². The van der Waals surface area contributed by atoms with Crippen molar-refractivity contribution >= 4 is 6.09 Å². The summed E-state index contributed by atoms with van der Waals surface area (Å²) < 4.78 is 0. The lowest BCUT2D eigenvalue weighted by Gasteiger charge is -2.25. The third-order valence-electron chi connectivity index (χ3n) is 2.38. The fraction of sp³-hybridized carbons (Fsp3) is 0.333. The Bertz CT molecular complexity index is 416. The van der Waals surface area contributed by atoms with E-state index in [9.17, 15) is 4.79 Å². The van der Waals surface area contributed by atoms with Gasteiger partial charge in [0.2, 0.25) is 0 Å². The van der Waals surface area contributed by atoms with E-state index in [-0.39, 0.29) is 0 Å². The highest BCUT2D eigenvalue weighted by molar-refractivity contribution is 5.66. The van der Waals surface area contributed by atoms with Crippen molar-refractivity contribution in [2.24, 2.45) is 0 Å². The molecule has 84 valence electrons. The monoisotopic (exact) mass is 218 g/mol. The third-order valence-corrected chi connectivity index (χ3v) is 2.38. The second kappa shape index (κ2) is 4.67. The minimum atomic E-state index is -1.05. The molecule has 0 radical (unpaired) electrons. The molecule has 1 rings (SSSR count). The maximum atomic E-state index is 10.6. The van der Waals surface area contributed by atoms with E-state index < -0.39 is 11.6 Å². The van der Waals surface area contributed by atoms with Crippen LogP contribution in [0.5, 0.6) is 0 Å². The van der Waals surface area contributed by atoms with E-state index >= 15 is 0 Å². The maximum Gasteiger partial charge on any atom is 0.405 e. The molecule has 0 aliphatic heterocycles. The molecule has 1 amide bonds. The van der Waals surface area contributed by atoms with Gasteiger partial charge in [0.05, 0.1) is 18.0 Å². The van der Waals surface area contributed by atoms with Gasteiger partial charge in [-0.25, -0.2) is 4.79 Å². The van der Waals surface area contributed by atoms with Crippen LogP contribution >= 0.6 is 0 Å². The summed E-state index contributed by atoms with van der Waals surface area (Å²) in [4.78, 5) is 10.6. The summed E-state index contributed by atoms with van der Waals surface area (Å²) in [6.07, 6.45) is -0.682. The molecule has 4 nitrogen and oxygen atoms in total. The molecular weight excluding hydrogens is 204 g/mol. The molecule has 0 aromatic heterocycles. The molecular formula is C12H14N2O2. The van der Waals surface area contributed by atoms with E-state index in [0.29, 0.717) is 6.42 Å². The Morgan fingerprint density at radius 3 is 2.44 bits per heavy atom. The molecule has 0 fully saturated rings. The quantitative estimate of drug-likeness (QED) is 0.817. The van der Waals surface area contributed by atoms with E-state index in [1.54, 1.807) is 13.8 Å². The summed E-state index contributed by atoms with van der Waals surface area (Å²) in [5, 5.41) is 19.7. The zero-order chi connectivity index (χ0) is 12.2. The van der Waals surface area contributed by atoms with Crippen LogP contribution in [0.3, 0.4) is 0 Å². The van der Waals surface area contributed by atoms with Gasteiger partial charge in [-0.15, -0.1) is 0 Å². The largest absolute Gasteiger partial charge is 0.465 e. The predicted molar refractivity (Wildman–Crippen MR) is 59.9 cm³/mol. The maximum absolute atomic E-state index is 10.6. The Hall–Kier alpha value is -2.02. The van der Waals surface area contributed by atoms with Crippen LogP contribution in [-0.4, -0.2) is 11.2 Å². The number of amides is 1. The zero-order valence-electron chi connectivity index (χ0n) is 9.32. The van der Waals surface area contributed by atoms with Crippen LogP contribution in [0.25, 0.3) is 0 Å². The van der Waals surface area contributed by atoms with E-state index in [4.69, 9.17) is 10.4 Å². The van der Waals surface area contributed by atoms with Gasteiger partial charge in [0.1, 0.15) is 0 Å². The fourth-order valence-electron chi connectivity index (χ4n) is 1.47. The van der Waals surface area contributed by atoms with Crippen LogP contribution < -0.4 is 5.32 Å². The van der Waals surface area contributed by atoms with Crippen molar-refractivity contribution in [1.82, 2.24) is 5.32 Å². The number of rotatable bonds is 3. The fourth-order valence-corrected chi connectivity index (χ4v) is 1.47. The first-order valence-corrected chi connectivity index (χ1v) is 4.93. The molecule has 16 heavy (non-hydrogen) atoms. The van der Waals surface area contributed by atoms with Crippen molar-refractivity contribution in [3.63, 3.8) is 0 Å². The van der Waals surface area contributed by atoms with Gasteiger partial charge in [0.25, 0.3) is 0 Å². The lowest BCUT2D eigenvalue weighted by Crippen LogP contribution is -2.40. The first-order chi connectivity index (χ1) is 7.45. The number of carboxylic acid groups (broad SMARTS) is 1. The molecule has 4 heteroatoms. The van der Waals surface area contributed by atoms with Crippen LogP contribution in [-0.2, 0) is 12.0 Å². The minimum Gasteiger partial charge on any atom is -0.465 e. The highest BCUT2D eigenvalue weighted by Crippen LogP contribution is 2.20. The van der Waals surface area contributed by atoms with Crippen molar-refractivity contribution in [1.29, 1.82) is 5.26 Å². The third kappa shape index (κ3) is 2.99. The van der Waals surface area contributed by atoms with Gasteiger partial charge in [-0.1, -0.05) is 24.3 Å². The van der Waals surface area contributed by atoms with E-state index in [1.165, 1.54) is 0 Å². The SMILES string of the molecule is CC(C)(NC(=O)O)c1ccc(CC#N)cc1. The first-order valence-electron chi connectivity index (χ1n) is 4.93. The van der Waals surface area contributed by atoms with Crippen molar-refractivity contribution < 1.29 is 9.90 Å². The Kier molecular flexibility index (Phi) is 3.51. The van der Waals surface area contributed by atoms with Crippen LogP contribution in [0.1, 0.15) is 25.0 Å². The van der Waals surface area contributed by atoms with Gasteiger partial charge in [-0.05, 0) is 25.0 Å². The van der Waals surface area contributed by atoms with Gasteiger partial charge >= 0.3 is 6.09 Å². The smallest absolute Gasteiger partial charge is 0.405 e. The number of hydrogen-bond acceptors (Lipinski definition) is 2. The van der Waals surface area contributed by atoms with Gasteiger partial charge < -0.3 is 10.4 Å². The van der Waals surface area contributed by atoms with Crippen LogP contribution in [0.4, 0.5) is 4.79 Å². The highest BCUT2D eigenvalue weighted by atomic mass is 16.4. The van der Waals surface area contributed by atoms with E-state index in [0.717, 1.165) is 11.1 Å². The zero-order valence-corrected chi connectivity index (χ0v) is 9.32. The van der Waals surface area contributed by atoms with E-state index in [2.05, 4.69) is 11.4 Å². The number of nitrogens with one attached hydrogen (secondary N) is 1. The normalized spacial score (nSPS) is 10.6. The second-order valence-electron chi connectivity index (χ2n) is 4.09. The van der Waals surface area contributed by atoms with Crippen LogP contribution in [0.2, 0.25) is 0 Å². The molecule has 0 atom stereocenters. The van der Waals surface area contributed by atoms with Gasteiger partial charge in [-0.2, -0.15) is 5.26 Å². The van der Waals surface area contributed by atoms with Gasteiger partial charge in [-0.3, -0.25) is 0 Å². The molecule has 0 bridgehead atoms. The van der Waals surface area contributed by atoms with Crippen molar-refractivity contribution in [2.45, 2.75) is 25.8 Å².